The second-order valence-corrected chi connectivity index (χ2v) is 7.68. The first-order chi connectivity index (χ1) is 13.9. The van der Waals surface area contributed by atoms with Crippen molar-refractivity contribution in [3.8, 4) is 0 Å². The van der Waals surface area contributed by atoms with Gasteiger partial charge >= 0.3 is 0 Å². The standard InChI is InChI=1S/C22H21FN2O3S/c1-15-6-8-16(9-7-15)10-11-20(26)24-12-13-25-21(27)19(29-22(25)28)14-17-4-2-3-5-18(17)23/h2-9,14H,10-13H2,1H3,(H,24,26)/b19-14-. The van der Waals surface area contributed by atoms with Crippen LogP contribution >= 0.6 is 11.8 Å². The smallest absolute Gasteiger partial charge is 0.293 e. The number of nitrogens with one attached hydrogen (secondary N) is 1. The predicted molar refractivity (Wildman–Crippen MR) is 112 cm³/mol. The molecule has 29 heavy (non-hydrogen) atoms. The Balaban J connectivity index is 1.48. The van der Waals surface area contributed by atoms with Gasteiger partial charge in [-0.25, -0.2) is 4.39 Å². The molecule has 0 spiro atoms. The SMILES string of the molecule is Cc1ccc(CCC(=O)NCCN2C(=O)S/C(=C\c3ccccc3F)C2=O)cc1. The van der Waals surface area contributed by atoms with Crippen LogP contribution in [0.2, 0.25) is 0 Å². The van der Waals surface area contributed by atoms with E-state index in [2.05, 4.69) is 5.32 Å². The van der Waals surface area contributed by atoms with Gasteiger partial charge in [-0.3, -0.25) is 19.3 Å². The first-order valence-corrected chi connectivity index (χ1v) is 10.1. The van der Waals surface area contributed by atoms with E-state index in [1.54, 1.807) is 12.1 Å². The molecule has 0 unspecified atom stereocenters. The lowest BCUT2D eigenvalue weighted by atomic mass is 10.1. The summed E-state index contributed by atoms with van der Waals surface area (Å²) >= 11 is 0.772. The lowest BCUT2D eigenvalue weighted by Gasteiger charge is -2.13. The maximum absolute atomic E-state index is 13.8. The number of rotatable bonds is 7. The van der Waals surface area contributed by atoms with E-state index in [1.165, 1.54) is 23.8 Å². The highest BCUT2D eigenvalue weighted by Gasteiger charge is 2.34. The largest absolute Gasteiger partial charge is 0.354 e. The van der Waals surface area contributed by atoms with Gasteiger partial charge < -0.3 is 5.32 Å². The second-order valence-electron chi connectivity index (χ2n) is 6.69. The Morgan fingerprint density at radius 2 is 1.86 bits per heavy atom. The molecule has 2 aromatic rings. The fourth-order valence-corrected chi connectivity index (χ4v) is 3.69. The molecular formula is C22H21FN2O3S. The average Bonchev–Trinajstić information content (AvgIpc) is 2.96. The van der Waals surface area contributed by atoms with Gasteiger partial charge in [-0.2, -0.15) is 0 Å². The number of hydrogen-bond acceptors (Lipinski definition) is 4. The van der Waals surface area contributed by atoms with Gasteiger partial charge in [-0.1, -0.05) is 48.0 Å². The second kappa shape index (κ2) is 9.52. The van der Waals surface area contributed by atoms with Crippen LogP contribution in [0.4, 0.5) is 9.18 Å². The Labute approximate surface area is 173 Å². The molecule has 0 bridgehead atoms. The number of aryl methyl sites for hydroxylation is 2. The summed E-state index contributed by atoms with van der Waals surface area (Å²) in [7, 11) is 0. The molecule has 0 radical (unpaired) electrons. The van der Waals surface area contributed by atoms with E-state index < -0.39 is 17.0 Å². The highest BCUT2D eigenvalue weighted by atomic mass is 32.2. The molecule has 3 amide bonds. The molecule has 150 valence electrons. The predicted octanol–water partition coefficient (Wildman–Crippen LogP) is 3.92. The molecule has 2 aromatic carbocycles. The number of nitrogens with zero attached hydrogens (tertiary/aromatic N) is 1. The molecule has 1 heterocycles. The minimum absolute atomic E-state index is 0.0789. The van der Waals surface area contributed by atoms with Crippen molar-refractivity contribution >= 4 is 34.9 Å². The van der Waals surface area contributed by atoms with Crippen LogP contribution in [-0.2, 0) is 16.0 Å². The minimum Gasteiger partial charge on any atom is -0.354 e. The van der Waals surface area contributed by atoms with Gasteiger partial charge in [-0.05, 0) is 42.8 Å². The van der Waals surface area contributed by atoms with Crippen molar-refractivity contribution in [1.82, 2.24) is 10.2 Å². The molecule has 1 aliphatic rings. The van der Waals surface area contributed by atoms with Crippen LogP contribution in [0.3, 0.4) is 0 Å². The molecule has 1 N–H and O–H groups in total. The van der Waals surface area contributed by atoms with E-state index in [9.17, 15) is 18.8 Å². The third kappa shape index (κ3) is 5.54. The molecule has 1 saturated heterocycles. The summed E-state index contributed by atoms with van der Waals surface area (Å²) in [5.41, 5.74) is 2.50. The van der Waals surface area contributed by atoms with Gasteiger partial charge in [-0.15, -0.1) is 0 Å². The number of amides is 3. The van der Waals surface area contributed by atoms with Gasteiger partial charge in [0.15, 0.2) is 0 Å². The van der Waals surface area contributed by atoms with Crippen LogP contribution in [-0.4, -0.2) is 35.0 Å². The highest BCUT2D eigenvalue weighted by Crippen LogP contribution is 2.32. The first kappa shape index (κ1) is 20.8. The molecule has 1 fully saturated rings. The Hall–Kier alpha value is -2.93. The van der Waals surface area contributed by atoms with E-state index >= 15 is 0 Å². The van der Waals surface area contributed by atoms with Gasteiger partial charge in [0, 0.05) is 25.1 Å². The number of hydrogen-bond donors (Lipinski definition) is 1. The summed E-state index contributed by atoms with van der Waals surface area (Å²) in [5.74, 6) is -1.07. The lowest BCUT2D eigenvalue weighted by molar-refractivity contribution is -0.124. The zero-order valence-electron chi connectivity index (χ0n) is 16.0. The third-order valence-corrected chi connectivity index (χ3v) is 5.39. The first-order valence-electron chi connectivity index (χ1n) is 9.26. The molecule has 0 atom stereocenters. The molecule has 3 rings (SSSR count). The average molecular weight is 412 g/mol. The van der Waals surface area contributed by atoms with Crippen LogP contribution in [0, 0.1) is 12.7 Å². The van der Waals surface area contributed by atoms with Crippen LogP contribution < -0.4 is 5.32 Å². The molecule has 0 saturated carbocycles. The molecule has 5 nitrogen and oxygen atoms in total. The summed E-state index contributed by atoms with van der Waals surface area (Å²) in [6.45, 7) is 2.26. The number of thioether (sulfide) groups is 1. The zero-order chi connectivity index (χ0) is 20.8. The van der Waals surface area contributed by atoms with E-state index in [4.69, 9.17) is 0 Å². The van der Waals surface area contributed by atoms with E-state index in [1.807, 2.05) is 31.2 Å². The fraction of sp³-hybridized carbons (Fsp3) is 0.227. The van der Waals surface area contributed by atoms with Crippen molar-refractivity contribution < 1.29 is 18.8 Å². The summed E-state index contributed by atoms with van der Waals surface area (Å²) in [6.07, 6.45) is 2.33. The number of benzene rings is 2. The molecule has 7 heteroatoms. The summed E-state index contributed by atoms with van der Waals surface area (Å²) in [5, 5.41) is 2.31. The number of carbonyl (C=O) groups is 3. The van der Waals surface area contributed by atoms with Crippen molar-refractivity contribution in [2.24, 2.45) is 0 Å². The van der Waals surface area contributed by atoms with Crippen LogP contribution in [0.15, 0.2) is 53.4 Å². The third-order valence-electron chi connectivity index (χ3n) is 4.48. The highest BCUT2D eigenvalue weighted by molar-refractivity contribution is 8.18. The van der Waals surface area contributed by atoms with Gasteiger partial charge in [0.25, 0.3) is 11.1 Å². The van der Waals surface area contributed by atoms with Crippen LogP contribution in [0.25, 0.3) is 6.08 Å². The Bertz CT molecular complexity index is 957. The Morgan fingerprint density at radius 1 is 1.14 bits per heavy atom. The molecule has 0 aromatic heterocycles. The summed E-state index contributed by atoms with van der Waals surface area (Å²) in [4.78, 5) is 37.8. The summed E-state index contributed by atoms with van der Waals surface area (Å²) in [6, 6.07) is 14.0. The topological polar surface area (TPSA) is 66.5 Å². The van der Waals surface area contributed by atoms with Gasteiger partial charge in [0.1, 0.15) is 5.82 Å². The van der Waals surface area contributed by atoms with E-state index in [0.717, 1.165) is 22.2 Å². The fourth-order valence-electron chi connectivity index (χ4n) is 2.83. The number of halogens is 1. The van der Waals surface area contributed by atoms with E-state index in [0.29, 0.717) is 12.8 Å². The van der Waals surface area contributed by atoms with Crippen LogP contribution in [0.5, 0.6) is 0 Å². The maximum Gasteiger partial charge on any atom is 0.293 e. The zero-order valence-corrected chi connectivity index (χ0v) is 16.8. The normalized spacial score (nSPS) is 15.2. The van der Waals surface area contributed by atoms with Crippen molar-refractivity contribution in [3.05, 3.63) is 75.9 Å². The van der Waals surface area contributed by atoms with Crippen molar-refractivity contribution in [3.63, 3.8) is 0 Å². The Morgan fingerprint density at radius 3 is 2.59 bits per heavy atom. The summed E-state index contributed by atoms with van der Waals surface area (Å²) < 4.78 is 13.8. The minimum atomic E-state index is -0.475. The van der Waals surface area contributed by atoms with E-state index in [-0.39, 0.29) is 29.5 Å². The quantitative estimate of drug-likeness (QED) is 0.700. The maximum atomic E-state index is 13.8. The number of carbonyl (C=O) groups excluding carboxylic acids is 3. The molecule has 1 aliphatic heterocycles. The Kier molecular flexibility index (Phi) is 6.82. The number of imide groups is 1. The van der Waals surface area contributed by atoms with Crippen molar-refractivity contribution in [1.29, 1.82) is 0 Å². The van der Waals surface area contributed by atoms with Gasteiger partial charge in [0.2, 0.25) is 5.91 Å². The lowest BCUT2D eigenvalue weighted by Crippen LogP contribution is -2.37. The molecular weight excluding hydrogens is 391 g/mol. The van der Waals surface area contributed by atoms with Crippen molar-refractivity contribution in [2.75, 3.05) is 13.1 Å². The molecule has 0 aliphatic carbocycles. The van der Waals surface area contributed by atoms with Crippen LogP contribution in [0.1, 0.15) is 23.1 Å². The van der Waals surface area contributed by atoms with Gasteiger partial charge in [0.05, 0.1) is 4.91 Å². The van der Waals surface area contributed by atoms with Crippen molar-refractivity contribution in [2.45, 2.75) is 19.8 Å². The monoisotopic (exact) mass is 412 g/mol.